The average molecular weight is 407 g/mol. The fraction of sp³-hybridized carbons (Fsp3) is 0.120. The van der Waals surface area contributed by atoms with Gasteiger partial charge in [-0.25, -0.2) is 9.97 Å². The first kappa shape index (κ1) is 17.9. The first-order valence-corrected chi connectivity index (χ1v) is 10.4. The summed E-state index contributed by atoms with van der Waals surface area (Å²) in [5, 5.41) is 7.94. The number of H-pyrrole nitrogens is 1. The molecule has 5 aromatic rings. The molecule has 3 N–H and O–H groups in total. The molecule has 31 heavy (non-hydrogen) atoms. The highest BCUT2D eigenvalue weighted by Crippen LogP contribution is 2.35. The quantitative estimate of drug-likeness (QED) is 0.378. The highest BCUT2D eigenvalue weighted by molar-refractivity contribution is 5.98. The van der Waals surface area contributed by atoms with Crippen LogP contribution in [0.5, 0.6) is 0 Å². The Bertz CT molecular complexity index is 1370. The van der Waals surface area contributed by atoms with Crippen LogP contribution in [0.25, 0.3) is 33.3 Å². The van der Waals surface area contributed by atoms with Crippen molar-refractivity contribution in [2.75, 3.05) is 11.9 Å². The third-order valence-electron chi connectivity index (χ3n) is 5.81. The third-order valence-corrected chi connectivity index (χ3v) is 5.81. The standard InChI is InChI=1S/C25H21N5O/c1-2-4-23-20(3-1)22(14-27-23)24-21(18-8-10-31-15-18)13-28-25(30-24)29-19-6-5-17-12-26-9-7-16(17)11-19/h1-6,8,10-11,13-15,26-27H,7,9,12H2,(H,28,29,30). The summed E-state index contributed by atoms with van der Waals surface area (Å²) in [4.78, 5) is 12.9. The summed E-state index contributed by atoms with van der Waals surface area (Å²) in [6, 6.07) is 16.6. The molecule has 0 radical (unpaired) electrons. The monoisotopic (exact) mass is 407 g/mol. The number of aromatic nitrogens is 3. The highest BCUT2D eigenvalue weighted by Gasteiger charge is 2.16. The Hall–Kier alpha value is -3.90. The van der Waals surface area contributed by atoms with Crippen molar-refractivity contribution in [1.29, 1.82) is 0 Å². The largest absolute Gasteiger partial charge is 0.472 e. The van der Waals surface area contributed by atoms with Crippen LogP contribution in [0.15, 0.2) is 77.9 Å². The first-order valence-electron chi connectivity index (χ1n) is 10.4. The lowest BCUT2D eigenvalue weighted by atomic mass is 10.0. The number of aromatic amines is 1. The number of hydrogen-bond acceptors (Lipinski definition) is 5. The van der Waals surface area contributed by atoms with Crippen LogP contribution in [0.1, 0.15) is 11.1 Å². The first-order chi connectivity index (χ1) is 15.3. The number of nitrogens with zero attached hydrogens (tertiary/aromatic N) is 2. The molecular weight excluding hydrogens is 386 g/mol. The molecule has 3 aromatic heterocycles. The van der Waals surface area contributed by atoms with Crippen molar-refractivity contribution in [1.82, 2.24) is 20.3 Å². The molecule has 6 nitrogen and oxygen atoms in total. The molecule has 1 aliphatic rings. The van der Waals surface area contributed by atoms with Crippen molar-refractivity contribution in [3.63, 3.8) is 0 Å². The minimum atomic E-state index is 0.571. The van der Waals surface area contributed by atoms with Gasteiger partial charge in [-0.1, -0.05) is 24.3 Å². The van der Waals surface area contributed by atoms with E-state index < -0.39 is 0 Å². The average Bonchev–Trinajstić information content (AvgIpc) is 3.49. The summed E-state index contributed by atoms with van der Waals surface area (Å²) >= 11 is 0. The summed E-state index contributed by atoms with van der Waals surface area (Å²) in [7, 11) is 0. The van der Waals surface area contributed by atoms with Crippen molar-refractivity contribution in [3.8, 4) is 22.4 Å². The van der Waals surface area contributed by atoms with Gasteiger partial charge in [0.05, 0.1) is 18.2 Å². The number of rotatable bonds is 4. The van der Waals surface area contributed by atoms with Gasteiger partial charge in [0, 0.05) is 52.2 Å². The van der Waals surface area contributed by atoms with Crippen molar-refractivity contribution in [3.05, 3.63) is 84.6 Å². The number of nitrogens with one attached hydrogen (secondary N) is 3. The summed E-state index contributed by atoms with van der Waals surface area (Å²) in [6.07, 6.45) is 8.29. The van der Waals surface area contributed by atoms with Gasteiger partial charge in [-0.15, -0.1) is 0 Å². The molecule has 1 aliphatic heterocycles. The van der Waals surface area contributed by atoms with Gasteiger partial charge < -0.3 is 20.0 Å². The summed E-state index contributed by atoms with van der Waals surface area (Å²) in [5.74, 6) is 0.571. The van der Waals surface area contributed by atoms with E-state index in [-0.39, 0.29) is 0 Å². The van der Waals surface area contributed by atoms with Gasteiger partial charge >= 0.3 is 0 Å². The fourth-order valence-corrected chi connectivity index (χ4v) is 4.23. The third kappa shape index (κ3) is 3.27. The van der Waals surface area contributed by atoms with Gasteiger partial charge in [0.2, 0.25) is 5.95 Å². The van der Waals surface area contributed by atoms with E-state index in [4.69, 9.17) is 9.40 Å². The molecule has 0 atom stereocenters. The Morgan fingerprint density at radius 2 is 1.97 bits per heavy atom. The topological polar surface area (TPSA) is 78.8 Å². The van der Waals surface area contributed by atoms with Crippen LogP contribution in [0, 0.1) is 0 Å². The van der Waals surface area contributed by atoms with Crippen LogP contribution >= 0.6 is 0 Å². The number of anilines is 2. The van der Waals surface area contributed by atoms with Crippen LogP contribution < -0.4 is 10.6 Å². The second kappa shape index (κ2) is 7.41. The molecule has 0 spiro atoms. The van der Waals surface area contributed by atoms with E-state index in [0.29, 0.717) is 5.95 Å². The van der Waals surface area contributed by atoms with Gasteiger partial charge in [0.15, 0.2) is 0 Å². The lowest BCUT2D eigenvalue weighted by molar-refractivity contribution is 0.568. The van der Waals surface area contributed by atoms with Crippen LogP contribution in [0.4, 0.5) is 11.6 Å². The van der Waals surface area contributed by atoms with Gasteiger partial charge in [-0.3, -0.25) is 0 Å². The maximum Gasteiger partial charge on any atom is 0.227 e. The highest BCUT2D eigenvalue weighted by atomic mass is 16.3. The van der Waals surface area contributed by atoms with Crippen molar-refractivity contribution in [2.45, 2.75) is 13.0 Å². The summed E-state index contributed by atoms with van der Waals surface area (Å²) < 4.78 is 5.32. The maximum absolute atomic E-state index is 5.32. The van der Waals surface area contributed by atoms with Gasteiger partial charge in [0.25, 0.3) is 0 Å². The summed E-state index contributed by atoms with van der Waals surface area (Å²) in [5.41, 5.74) is 8.58. The second-order valence-electron chi connectivity index (χ2n) is 7.75. The number of fused-ring (bicyclic) bond motifs is 2. The molecule has 0 fully saturated rings. The van der Waals surface area contributed by atoms with Crippen molar-refractivity contribution < 1.29 is 4.42 Å². The molecule has 152 valence electrons. The fourth-order valence-electron chi connectivity index (χ4n) is 4.23. The van der Waals surface area contributed by atoms with E-state index >= 15 is 0 Å². The number of benzene rings is 2. The predicted molar refractivity (Wildman–Crippen MR) is 122 cm³/mol. The second-order valence-corrected chi connectivity index (χ2v) is 7.75. The zero-order valence-electron chi connectivity index (χ0n) is 16.9. The van der Waals surface area contributed by atoms with E-state index in [0.717, 1.165) is 58.5 Å². The van der Waals surface area contributed by atoms with E-state index in [1.807, 2.05) is 30.6 Å². The summed E-state index contributed by atoms with van der Waals surface area (Å²) in [6.45, 7) is 1.94. The van der Waals surface area contributed by atoms with E-state index in [9.17, 15) is 0 Å². The number of hydrogen-bond donors (Lipinski definition) is 3. The molecule has 0 amide bonds. The number of para-hydroxylation sites is 1. The molecule has 6 heteroatoms. The van der Waals surface area contributed by atoms with E-state index in [2.05, 4.69) is 50.9 Å². The molecule has 0 unspecified atom stereocenters. The lowest BCUT2D eigenvalue weighted by Crippen LogP contribution is -2.23. The van der Waals surface area contributed by atoms with Gasteiger partial charge in [0.1, 0.15) is 0 Å². The van der Waals surface area contributed by atoms with Gasteiger partial charge in [-0.2, -0.15) is 0 Å². The van der Waals surface area contributed by atoms with E-state index in [1.54, 1.807) is 12.5 Å². The Kier molecular flexibility index (Phi) is 4.28. The Morgan fingerprint density at radius 3 is 2.90 bits per heavy atom. The van der Waals surface area contributed by atoms with Crippen LogP contribution in [0.2, 0.25) is 0 Å². The van der Waals surface area contributed by atoms with Crippen LogP contribution in [0.3, 0.4) is 0 Å². The van der Waals surface area contributed by atoms with Crippen LogP contribution in [-0.4, -0.2) is 21.5 Å². The molecular formula is C25H21N5O. The van der Waals surface area contributed by atoms with E-state index in [1.165, 1.54) is 11.1 Å². The number of furan rings is 1. The predicted octanol–water partition coefficient (Wildman–Crippen LogP) is 5.27. The van der Waals surface area contributed by atoms with Crippen molar-refractivity contribution in [2.24, 2.45) is 0 Å². The molecule has 0 saturated carbocycles. The maximum atomic E-state index is 5.32. The normalized spacial score (nSPS) is 13.3. The molecule has 6 rings (SSSR count). The molecule has 0 bridgehead atoms. The zero-order valence-corrected chi connectivity index (χ0v) is 16.9. The minimum Gasteiger partial charge on any atom is -0.472 e. The molecule has 4 heterocycles. The smallest absolute Gasteiger partial charge is 0.227 e. The Morgan fingerprint density at radius 1 is 1.00 bits per heavy atom. The molecule has 2 aromatic carbocycles. The Labute approximate surface area is 179 Å². The zero-order chi connectivity index (χ0) is 20.6. The minimum absolute atomic E-state index is 0.571. The molecule has 0 saturated heterocycles. The SMILES string of the molecule is c1ccc2c(-c3nc(Nc4ccc5c(c4)CCNC5)ncc3-c3ccoc3)c[nH]c2c1. The Balaban J connectivity index is 1.44. The van der Waals surface area contributed by atoms with Gasteiger partial charge in [-0.05, 0) is 48.4 Å². The lowest BCUT2D eigenvalue weighted by Gasteiger charge is -2.18. The van der Waals surface area contributed by atoms with Crippen LogP contribution in [-0.2, 0) is 13.0 Å². The van der Waals surface area contributed by atoms with Crippen molar-refractivity contribution >= 4 is 22.5 Å². The molecule has 0 aliphatic carbocycles.